The molecule has 0 saturated heterocycles. The minimum absolute atomic E-state index is 0.0271. The van der Waals surface area contributed by atoms with Gasteiger partial charge in [-0.1, -0.05) is 39.7 Å². The summed E-state index contributed by atoms with van der Waals surface area (Å²) >= 11 is 9.26. The number of benzene rings is 2. The summed E-state index contributed by atoms with van der Waals surface area (Å²) in [6, 6.07) is 12.6. The van der Waals surface area contributed by atoms with Crippen LogP contribution in [0.5, 0.6) is 0 Å². The highest BCUT2D eigenvalue weighted by atomic mass is 79.9. The van der Waals surface area contributed by atoms with Crippen LogP contribution in [0.25, 0.3) is 0 Å². The zero-order valence-electron chi connectivity index (χ0n) is 9.49. The average molecular weight is 325 g/mol. The molecule has 0 radical (unpaired) electrons. The molecule has 0 fully saturated rings. The van der Waals surface area contributed by atoms with Crippen molar-refractivity contribution in [3.63, 3.8) is 0 Å². The van der Waals surface area contributed by atoms with Crippen molar-refractivity contribution in [1.29, 1.82) is 0 Å². The van der Waals surface area contributed by atoms with Gasteiger partial charge in [-0.25, -0.2) is 0 Å². The number of ketones is 1. The van der Waals surface area contributed by atoms with E-state index in [0.29, 0.717) is 22.7 Å². The molecule has 0 heterocycles. The Kier molecular flexibility index (Phi) is 4.04. The first-order valence-electron chi connectivity index (χ1n) is 5.39. The Morgan fingerprint density at radius 2 is 1.83 bits per heavy atom. The summed E-state index contributed by atoms with van der Waals surface area (Å²) in [5.41, 5.74) is 7.64. The van der Waals surface area contributed by atoms with Crippen LogP contribution in [0.15, 0.2) is 46.9 Å². The summed E-state index contributed by atoms with van der Waals surface area (Å²) < 4.78 is 0.995. The quantitative estimate of drug-likeness (QED) is 0.682. The summed E-state index contributed by atoms with van der Waals surface area (Å²) in [4.78, 5) is 12.1. The zero-order valence-corrected chi connectivity index (χ0v) is 11.8. The molecule has 0 unspecified atom stereocenters. The molecule has 2 aromatic rings. The van der Waals surface area contributed by atoms with E-state index < -0.39 is 0 Å². The number of carbonyl (C=O) groups excluding carboxylic acids is 1. The van der Waals surface area contributed by atoms with Gasteiger partial charge in [0.05, 0.1) is 10.7 Å². The third-order valence-electron chi connectivity index (χ3n) is 2.60. The fourth-order valence-corrected chi connectivity index (χ4v) is 2.04. The van der Waals surface area contributed by atoms with Gasteiger partial charge < -0.3 is 5.73 Å². The molecular weight excluding hydrogens is 314 g/mol. The normalized spacial score (nSPS) is 10.3. The predicted molar refractivity (Wildman–Crippen MR) is 78.0 cm³/mol. The molecule has 92 valence electrons. The fraction of sp³-hybridized carbons (Fsp3) is 0.0714. The summed E-state index contributed by atoms with van der Waals surface area (Å²) in [5, 5.41) is 0.414. The molecule has 2 rings (SSSR count). The first kappa shape index (κ1) is 13.1. The minimum atomic E-state index is 0.0271. The molecule has 0 atom stereocenters. The van der Waals surface area contributed by atoms with Gasteiger partial charge in [0.2, 0.25) is 0 Å². The topological polar surface area (TPSA) is 43.1 Å². The summed E-state index contributed by atoms with van der Waals surface area (Å²) in [5.74, 6) is 0.0271. The van der Waals surface area contributed by atoms with E-state index in [9.17, 15) is 4.79 Å². The first-order chi connectivity index (χ1) is 8.56. The second-order valence-corrected chi connectivity index (χ2v) is 5.29. The Morgan fingerprint density at radius 1 is 1.17 bits per heavy atom. The number of carbonyl (C=O) groups is 1. The minimum Gasteiger partial charge on any atom is -0.398 e. The number of rotatable bonds is 3. The molecule has 0 amide bonds. The highest BCUT2D eigenvalue weighted by Crippen LogP contribution is 2.21. The third-order valence-corrected chi connectivity index (χ3v) is 3.46. The van der Waals surface area contributed by atoms with Crippen molar-refractivity contribution in [2.45, 2.75) is 6.42 Å². The summed E-state index contributed by atoms with van der Waals surface area (Å²) in [7, 11) is 0. The smallest absolute Gasteiger partial charge is 0.167 e. The van der Waals surface area contributed by atoms with Gasteiger partial charge in [-0.15, -0.1) is 0 Å². The van der Waals surface area contributed by atoms with Crippen LogP contribution in [0.4, 0.5) is 5.69 Å². The standard InChI is InChI=1S/C14H11BrClNO/c15-11-4-1-9(2-5-11)7-14(18)10-3-6-13(17)12(16)8-10/h1-6,8H,7,17H2. The average Bonchev–Trinajstić information content (AvgIpc) is 2.35. The molecule has 0 aliphatic carbocycles. The second kappa shape index (κ2) is 5.55. The number of nitrogen functional groups attached to an aromatic ring is 1. The second-order valence-electron chi connectivity index (χ2n) is 3.96. The molecule has 18 heavy (non-hydrogen) atoms. The van der Waals surface area contributed by atoms with Crippen LogP contribution >= 0.6 is 27.5 Å². The van der Waals surface area contributed by atoms with Gasteiger partial charge in [-0.2, -0.15) is 0 Å². The SMILES string of the molecule is Nc1ccc(C(=O)Cc2ccc(Br)cc2)cc1Cl. The molecule has 0 saturated carbocycles. The van der Waals surface area contributed by atoms with Crippen molar-refractivity contribution in [3.05, 3.63) is 63.1 Å². The van der Waals surface area contributed by atoms with E-state index in [4.69, 9.17) is 17.3 Å². The molecule has 0 aliphatic heterocycles. The molecule has 0 bridgehead atoms. The van der Waals surface area contributed by atoms with Crippen LogP contribution in [-0.2, 0) is 6.42 Å². The maximum Gasteiger partial charge on any atom is 0.167 e. The number of hydrogen-bond acceptors (Lipinski definition) is 2. The molecule has 2 N–H and O–H groups in total. The maximum atomic E-state index is 12.1. The summed E-state index contributed by atoms with van der Waals surface area (Å²) in [6.45, 7) is 0. The predicted octanol–water partition coefficient (Wildman–Crippen LogP) is 4.11. The van der Waals surface area contributed by atoms with Crippen LogP contribution in [0.3, 0.4) is 0 Å². The lowest BCUT2D eigenvalue weighted by Crippen LogP contribution is -2.04. The van der Waals surface area contributed by atoms with Crippen molar-refractivity contribution < 1.29 is 4.79 Å². The summed E-state index contributed by atoms with van der Waals surface area (Å²) in [6.07, 6.45) is 0.355. The Balaban J connectivity index is 2.16. The lowest BCUT2D eigenvalue weighted by atomic mass is 10.0. The molecular formula is C14H11BrClNO. The molecule has 0 aliphatic rings. The van der Waals surface area contributed by atoms with Crippen molar-refractivity contribution in [2.75, 3.05) is 5.73 Å². The highest BCUT2D eigenvalue weighted by Gasteiger charge is 2.08. The highest BCUT2D eigenvalue weighted by molar-refractivity contribution is 9.10. The first-order valence-corrected chi connectivity index (χ1v) is 6.56. The molecule has 0 spiro atoms. The van der Waals surface area contributed by atoms with Crippen molar-refractivity contribution in [2.24, 2.45) is 0 Å². The van der Waals surface area contributed by atoms with Crippen LogP contribution < -0.4 is 5.73 Å². The van der Waals surface area contributed by atoms with E-state index in [1.807, 2.05) is 24.3 Å². The van der Waals surface area contributed by atoms with Crippen molar-refractivity contribution in [3.8, 4) is 0 Å². The third kappa shape index (κ3) is 3.12. The van der Waals surface area contributed by atoms with Crippen molar-refractivity contribution >= 4 is 39.0 Å². The van der Waals surface area contributed by atoms with Crippen LogP contribution in [0.1, 0.15) is 15.9 Å². The number of hydrogen-bond donors (Lipinski definition) is 1. The number of halogens is 2. The largest absolute Gasteiger partial charge is 0.398 e. The molecule has 0 aromatic heterocycles. The van der Waals surface area contributed by atoms with Crippen LogP contribution in [0.2, 0.25) is 5.02 Å². The van der Waals surface area contributed by atoms with Crippen molar-refractivity contribution in [1.82, 2.24) is 0 Å². The van der Waals surface area contributed by atoms with Crippen LogP contribution in [-0.4, -0.2) is 5.78 Å². The maximum absolute atomic E-state index is 12.1. The number of Topliss-reactive ketones (excluding diaryl/α,β-unsaturated/α-hetero) is 1. The molecule has 2 nitrogen and oxygen atoms in total. The van der Waals surface area contributed by atoms with Gasteiger partial charge in [0, 0.05) is 16.5 Å². The van der Waals surface area contributed by atoms with E-state index >= 15 is 0 Å². The lowest BCUT2D eigenvalue weighted by Gasteiger charge is -2.04. The molecule has 2 aromatic carbocycles. The Bertz CT molecular complexity index is 581. The van der Waals surface area contributed by atoms with E-state index in [1.54, 1.807) is 18.2 Å². The van der Waals surface area contributed by atoms with Crippen LogP contribution in [0, 0.1) is 0 Å². The van der Waals surface area contributed by atoms with Gasteiger partial charge >= 0.3 is 0 Å². The Hall–Kier alpha value is -1.32. The van der Waals surface area contributed by atoms with E-state index in [0.717, 1.165) is 10.0 Å². The van der Waals surface area contributed by atoms with E-state index in [1.165, 1.54) is 0 Å². The van der Waals surface area contributed by atoms with Gasteiger partial charge in [-0.3, -0.25) is 4.79 Å². The van der Waals surface area contributed by atoms with E-state index in [2.05, 4.69) is 15.9 Å². The monoisotopic (exact) mass is 323 g/mol. The van der Waals surface area contributed by atoms with Gasteiger partial charge in [0.25, 0.3) is 0 Å². The van der Waals surface area contributed by atoms with Gasteiger partial charge in [0.1, 0.15) is 0 Å². The van der Waals surface area contributed by atoms with Gasteiger partial charge in [0.15, 0.2) is 5.78 Å². The fourth-order valence-electron chi connectivity index (χ4n) is 1.59. The zero-order chi connectivity index (χ0) is 13.1. The molecule has 4 heteroatoms. The number of nitrogens with two attached hydrogens (primary N) is 1. The van der Waals surface area contributed by atoms with E-state index in [-0.39, 0.29) is 5.78 Å². The Morgan fingerprint density at radius 3 is 2.44 bits per heavy atom. The van der Waals surface area contributed by atoms with Gasteiger partial charge in [-0.05, 0) is 35.9 Å². The Labute approximate surface area is 119 Å². The lowest BCUT2D eigenvalue weighted by molar-refractivity contribution is 0.0993. The number of anilines is 1.